The molecule has 0 aliphatic carbocycles. The number of hydrogen-bond acceptors (Lipinski definition) is 4. The molecule has 2 N–H and O–H groups in total. The van der Waals surface area contributed by atoms with Crippen LogP contribution in [0.5, 0.6) is 5.75 Å². The summed E-state index contributed by atoms with van der Waals surface area (Å²) in [6.07, 6.45) is 0.541. The average Bonchev–Trinajstić information content (AvgIpc) is 2.40. The van der Waals surface area contributed by atoms with Crippen LogP contribution in [0.4, 0.5) is 0 Å². The lowest BCUT2D eigenvalue weighted by Gasteiger charge is -2.32. The van der Waals surface area contributed by atoms with Crippen molar-refractivity contribution in [2.24, 2.45) is 5.92 Å². The van der Waals surface area contributed by atoms with Crippen molar-refractivity contribution in [3.05, 3.63) is 30.3 Å². The van der Waals surface area contributed by atoms with Crippen molar-refractivity contribution in [2.75, 3.05) is 26.2 Å². The van der Waals surface area contributed by atoms with Gasteiger partial charge in [0.2, 0.25) is 0 Å². The standard InChI is InChI=1S/C14H21NO3/c16-14(17)12-6-8-15(9-7-12)10-11-18-13-4-2-1-3-5-13/h1-5,12,14,16-17H,6-11H2. The molecule has 1 aliphatic rings. The number of aliphatic hydroxyl groups excluding tert-OH is 1. The summed E-state index contributed by atoms with van der Waals surface area (Å²) in [5.41, 5.74) is 0. The number of hydrogen-bond donors (Lipinski definition) is 2. The minimum atomic E-state index is -1.16. The Morgan fingerprint density at radius 2 is 1.83 bits per heavy atom. The Hall–Kier alpha value is -1.10. The van der Waals surface area contributed by atoms with E-state index >= 15 is 0 Å². The molecule has 4 heteroatoms. The molecule has 18 heavy (non-hydrogen) atoms. The molecular formula is C14H21NO3. The number of benzene rings is 1. The number of piperidine rings is 1. The highest BCUT2D eigenvalue weighted by Gasteiger charge is 2.23. The van der Waals surface area contributed by atoms with Gasteiger partial charge in [0.15, 0.2) is 6.29 Å². The van der Waals surface area contributed by atoms with E-state index < -0.39 is 6.29 Å². The smallest absolute Gasteiger partial charge is 0.154 e. The van der Waals surface area contributed by atoms with Crippen LogP contribution in [0.1, 0.15) is 12.8 Å². The zero-order valence-electron chi connectivity index (χ0n) is 10.5. The first kappa shape index (κ1) is 13.3. The highest BCUT2D eigenvalue weighted by molar-refractivity contribution is 5.20. The van der Waals surface area contributed by atoms with E-state index in [0.29, 0.717) is 6.61 Å². The third kappa shape index (κ3) is 3.98. The fourth-order valence-corrected chi connectivity index (χ4v) is 2.28. The zero-order valence-corrected chi connectivity index (χ0v) is 10.5. The molecule has 0 unspecified atom stereocenters. The van der Waals surface area contributed by atoms with Crippen molar-refractivity contribution in [2.45, 2.75) is 19.1 Å². The van der Waals surface area contributed by atoms with Gasteiger partial charge >= 0.3 is 0 Å². The van der Waals surface area contributed by atoms with E-state index in [0.717, 1.165) is 38.2 Å². The summed E-state index contributed by atoms with van der Waals surface area (Å²) in [4.78, 5) is 2.31. The van der Waals surface area contributed by atoms with Gasteiger partial charge in [-0.25, -0.2) is 0 Å². The highest BCUT2D eigenvalue weighted by atomic mass is 16.5. The quantitative estimate of drug-likeness (QED) is 0.769. The normalized spacial score (nSPS) is 18.2. The number of ether oxygens (including phenoxy) is 1. The molecule has 2 rings (SSSR count). The van der Waals surface area contributed by atoms with Gasteiger partial charge in [0.25, 0.3) is 0 Å². The molecule has 0 radical (unpaired) electrons. The Morgan fingerprint density at radius 3 is 2.44 bits per heavy atom. The van der Waals surface area contributed by atoms with Crippen LogP contribution in [0.3, 0.4) is 0 Å². The lowest BCUT2D eigenvalue weighted by atomic mass is 9.96. The molecule has 1 aliphatic heterocycles. The van der Waals surface area contributed by atoms with Crippen molar-refractivity contribution < 1.29 is 14.9 Å². The molecule has 4 nitrogen and oxygen atoms in total. The molecule has 1 aromatic rings. The monoisotopic (exact) mass is 251 g/mol. The van der Waals surface area contributed by atoms with E-state index in [-0.39, 0.29) is 5.92 Å². The average molecular weight is 251 g/mol. The van der Waals surface area contributed by atoms with E-state index in [1.807, 2.05) is 30.3 Å². The Balaban J connectivity index is 1.64. The van der Waals surface area contributed by atoms with Crippen molar-refractivity contribution >= 4 is 0 Å². The van der Waals surface area contributed by atoms with Gasteiger partial charge in [0.1, 0.15) is 12.4 Å². The van der Waals surface area contributed by atoms with Crippen LogP contribution in [0.2, 0.25) is 0 Å². The summed E-state index contributed by atoms with van der Waals surface area (Å²) >= 11 is 0. The molecule has 0 atom stereocenters. The van der Waals surface area contributed by atoms with Crippen LogP contribution in [0.25, 0.3) is 0 Å². The van der Waals surface area contributed by atoms with E-state index in [4.69, 9.17) is 14.9 Å². The summed E-state index contributed by atoms with van der Waals surface area (Å²) < 4.78 is 5.64. The summed E-state index contributed by atoms with van der Waals surface area (Å²) in [5.74, 6) is 0.939. The second kappa shape index (κ2) is 6.73. The minimum Gasteiger partial charge on any atom is -0.492 e. The third-order valence-electron chi connectivity index (χ3n) is 3.47. The SMILES string of the molecule is OC(O)C1CCN(CCOc2ccccc2)CC1. The zero-order chi connectivity index (χ0) is 12.8. The van der Waals surface area contributed by atoms with Gasteiger partial charge in [-0.2, -0.15) is 0 Å². The molecule has 1 heterocycles. The second-order valence-corrected chi connectivity index (χ2v) is 4.75. The first-order valence-electron chi connectivity index (χ1n) is 6.52. The van der Waals surface area contributed by atoms with Crippen molar-refractivity contribution in [3.63, 3.8) is 0 Å². The van der Waals surface area contributed by atoms with Gasteiger partial charge in [-0.15, -0.1) is 0 Å². The topological polar surface area (TPSA) is 52.9 Å². The van der Waals surface area contributed by atoms with E-state index in [1.165, 1.54) is 0 Å². The molecular weight excluding hydrogens is 230 g/mol. The first-order valence-corrected chi connectivity index (χ1v) is 6.52. The number of nitrogens with zero attached hydrogens (tertiary/aromatic N) is 1. The van der Waals surface area contributed by atoms with Gasteiger partial charge in [-0.05, 0) is 38.1 Å². The molecule has 1 aromatic carbocycles. The first-order chi connectivity index (χ1) is 8.75. The van der Waals surface area contributed by atoms with E-state index in [9.17, 15) is 0 Å². The predicted molar refractivity (Wildman–Crippen MR) is 69.3 cm³/mol. The van der Waals surface area contributed by atoms with Gasteiger partial charge in [0, 0.05) is 12.5 Å². The maximum atomic E-state index is 9.10. The van der Waals surface area contributed by atoms with Crippen LogP contribution >= 0.6 is 0 Å². The molecule has 1 fully saturated rings. The van der Waals surface area contributed by atoms with Gasteiger partial charge in [-0.3, -0.25) is 4.90 Å². The molecule has 100 valence electrons. The molecule has 0 aromatic heterocycles. The van der Waals surface area contributed by atoms with Gasteiger partial charge < -0.3 is 14.9 Å². The van der Waals surface area contributed by atoms with Crippen LogP contribution in [0, 0.1) is 5.92 Å². The lowest BCUT2D eigenvalue weighted by Crippen LogP contribution is -2.39. The summed E-state index contributed by atoms with van der Waals surface area (Å²) in [5, 5.41) is 18.2. The maximum Gasteiger partial charge on any atom is 0.154 e. The van der Waals surface area contributed by atoms with Gasteiger partial charge in [0.05, 0.1) is 0 Å². The third-order valence-corrected chi connectivity index (χ3v) is 3.47. The minimum absolute atomic E-state index is 0.0382. The Labute approximate surface area is 108 Å². The summed E-state index contributed by atoms with van der Waals surface area (Å²) in [6.45, 7) is 3.40. The van der Waals surface area contributed by atoms with Crippen LogP contribution < -0.4 is 4.74 Å². The van der Waals surface area contributed by atoms with Crippen molar-refractivity contribution in [1.82, 2.24) is 4.90 Å². The molecule has 0 spiro atoms. The molecule has 1 saturated heterocycles. The maximum absolute atomic E-state index is 9.10. The van der Waals surface area contributed by atoms with Crippen molar-refractivity contribution in [1.29, 1.82) is 0 Å². The number of aliphatic hydroxyl groups is 2. The fraction of sp³-hybridized carbons (Fsp3) is 0.571. The molecule has 0 saturated carbocycles. The summed E-state index contributed by atoms with van der Waals surface area (Å²) in [7, 11) is 0. The fourth-order valence-electron chi connectivity index (χ4n) is 2.28. The predicted octanol–water partition coefficient (Wildman–Crippen LogP) is 1.09. The van der Waals surface area contributed by atoms with E-state index in [2.05, 4.69) is 4.90 Å². The Kier molecular flexibility index (Phi) is 4.99. The van der Waals surface area contributed by atoms with Gasteiger partial charge in [-0.1, -0.05) is 18.2 Å². The Bertz CT molecular complexity index is 334. The van der Waals surface area contributed by atoms with Crippen LogP contribution in [-0.2, 0) is 0 Å². The molecule has 0 amide bonds. The van der Waals surface area contributed by atoms with Crippen LogP contribution in [-0.4, -0.2) is 47.6 Å². The lowest BCUT2D eigenvalue weighted by molar-refractivity contribution is -0.0983. The van der Waals surface area contributed by atoms with Crippen LogP contribution in [0.15, 0.2) is 30.3 Å². The second-order valence-electron chi connectivity index (χ2n) is 4.75. The number of rotatable bonds is 5. The van der Waals surface area contributed by atoms with Crippen molar-refractivity contribution in [3.8, 4) is 5.75 Å². The largest absolute Gasteiger partial charge is 0.492 e. The Morgan fingerprint density at radius 1 is 1.17 bits per heavy atom. The number of para-hydroxylation sites is 1. The number of likely N-dealkylation sites (tertiary alicyclic amines) is 1. The van der Waals surface area contributed by atoms with E-state index in [1.54, 1.807) is 0 Å². The highest BCUT2D eigenvalue weighted by Crippen LogP contribution is 2.19. The summed E-state index contributed by atoms with van der Waals surface area (Å²) in [6, 6.07) is 9.80. The molecule has 0 bridgehead atoms.